The Balaban J connectivity index is 1.72. The number of aromatic nitrogens is 1. The predicted molar refractivity (Wildman–Crippen MR) is 97.2 cm³/mol. The van der Waals surface area contributed by atoms with E-state index in [0.29, 0.717) is 11.5 Å². The number of nitrogens with zero attached hydrogens (tertiary/aromatic N) is 1. The smallest absolute Gasteiger partial charge is 0.335 e. The number of pyridine rings is 1. The van der Waals surface area contributed by atoms with Gasteiger partial charge in [0.1, 0.15) is 0 Å². The summed E-state index contributed by atoms with van der Waals surface area (Å²) in [6.07, 6.45) is 3.99. The van der Waals surface area contributed by atoms with Crippen molar-refractivity contribution in [1.82, 2.24) is 9.88 Å². The molecule has 1 aromatic heterocycles. The summed E-state index contributed by atoms with van der Waals surface area (Å²) in [6.45, 7) is 6.38. The molecule has 0 bridgehead atoms. The summed E-state index contributed by atoms with van der Waals surface area (Å²) in [4.78, 5) is 28.7. The number of hydrogen-bond donors (Lipinski definition) is 2. The fourth-order valence-electron chi connectivity index (χ4n) is 3.56. The molecule has 0 amide bonds. The Morgan fingerprint density at radius 3 is 2.68 bits per heavy atom. The van der Waals surface area contributed by atoms with Gasteiger partial charge in [0.2, 0.25) is 0 Å². The molecule has 3 rings (SSSR count). The van der Waals surface area contributed by atoms with Gasteiger partial charge in [0, 0.05) is 36.1 Å². The summed E-state index contributed by atoms with van der Waals surface area (Å²) in [5.74, 6) is -0.496. The number of benzene rings is 1. The van der Waals surface area contributed by atoms with Gasteiger partial charge in [-0.3, -0.25) is 9.69 Å². The van der Waals surface area contributed by atoms with Crippen molar-refractivity contribution < 1.29 is 9.90 Å². The normalized spacial score (nSPS) is 18.2. The van der Waals surface area contributed by atoms with Crippen molar-refractivity contribution in [1.29, 1.82) is 0 Å². The summed E-state index contributed by atoms with van der Waals surface area (Å²) < 4.78 is 0. The number of piperidine rings is 1. The molecule has 0 aliphatic carbocycles. The van der Waals surface area contributed by atoms with Crippen molar-refractivity contribution in [2.75, 3.05) is 13.1 Å². The van der Waals surface area contributed by atoms with E-state index in [2.05, 4.69) is 9.88 Å². The number of rotatable bonds is 4. The van der Waals surface area contributed by atoms with Crippen molar-refractivity contribution in [3.63, 3.8) is 0 Å². The van der Waals surface area contributed by atoms with Gasteiger partial charge in [-0.1, -0.05) is 12.1 Å². The van der Waals surface area contributed by atoms with E-state index in [1.807, 2.05) is 26.0 Å². The second-order valence-electron chi connectivity index (χ2n) is 6.91. The van der Waals surface area contributed by atoms with Gasteiger partial charge in [-0.25, -0.2) is 4.79 Å². The van der Waals surface area contributed by atoms with Gasteiger partial charge in [-0.05, 0) is 56.8 Å². The van der Waals surface area contributed by atoms with Crippen LogP contribution >= 0.6 is 0 Å². The summed E-state index contributed by atoms with van der Waals surface area (Å²) in [5, 5.41) is 9.02. The summed E-state index contributed by atoms with van der Waals surface area (Å²) >= 11 is 0. The third kappa shape index (κ3) is 3.82. The molecule has 132 valence electrons. The van der Waals surface area contributed by atoms with E-state index in [1.54, 1.807) is 18.3 Å². The zero-order valence-electron chi connectivity index (χ0n) is 14.7. The van der Waals surface area contributed by atoms with E-state index in [-0.39, 0.29) is 5.43 Å². The van der Waals surface area contributed by atoms with Crippen LogP contribution in [0, 0.1) is 13.8 Å². The van der Waals surface area contributed by atoms with Gasteiger partial charge in [0.25, 0.3) is 0 Å². The zero-order valence-corrected chi connectivity index (χ0v) is 14.7. The fraction of sp³-hybridized carbons (Fsp3) is 0.400. The van der Waals surface area contributed by atoms with E-state index in [4.69, 9.17) is 5.11 Å². The molecule has 0 spiro atoms. The standard InChI is InChI=1S/C20H24N2O3/c1-13-10-21-18(14(2)19(13)23)12-22-9-3-4-17(11-22)15-5-7-16(8-6-15)20(24)25/h5-8,10,17H,3-4,9,11-12H2,1-2H3,(H,21,23)(H,24,25). The van der Waals surface area contributed by atoms with Crippen molar-refractivity contribution in [2.24, 2.45) is 0 Å². The molecule has 25 heavy (non-hydrogen) atoms. The molecular formula is C20H24N2O3. The lowest BCUT2D eigenvalue weighted by Gasteiger charge is -2.33. The highest BCUT2D eigenvalue weighted by atomic mass is 16.4. The third-order valence-electron chi connectivity index (χ3n) is 5.13. The minimum atomic E-state index is -0.893. The Hall–Kier alpha value is -2.40. The van der Waals surface area contributed by atoms with E-state index in [0.717, 1.165) is 49.3 Å². The first-order valence-electron chi connectivity index (χ1n) is 8.69. The third-order valence-corrected chi connectivity index (χ3v) is 5.13. The first kappa shape index (κ1) is 17.4. The molecule has 2 heterocycles. The summed E-state index contributed by atoms with van der Waals surface area (Å²) in [6, 6.07) is 7.21. The average molecular weight is 340 g/mol. The number of nitrogens with one attached hydrogen (secondary N) is 1. The number of aromatic amines is 1. The lowest BCUT2D eigenvalue weighted by Crippen LogP contribution is -2.35. The van der Waals surface area contributed by atoms with Crippen LogP contribution in [0.3, 0.4) is 0 Å². The Kier molecular flexibility index (Phi) is 5.04. The second-order valence-corrected chi connectivity index (χ2v) is 6.91. The molecule has 1 aliphatic rings. The second kappa shape index (κ2) is 7.23. The van der Waals surface area contributed by atoms with Crippen LogP contribution in [0.2, 0.25) is 0 Å². The minimum Gasteiger partial charge on any atom is -0.478 e. The molecule has 1 aliphatic heterocycles. The highest BCUT2D eigenvalue weighted by Gasteiger charge is 2.22. The quantitative estimate of drug-likeness (QED) is 0.897. The molecule has 1 unspecified atom stereocenters. The van der Waals surface area contributed by atoms with Crippen molar-refractivity contribution >= 4 is 5.97 Å². The van der Waals surface area contributed by atoms with Crippen LogP contribution in [0.25, 0.3) is 0 Å². The molecule has 1 atom stereocenters. The number of aryl methyl sites for hydroxylation is 1. The molecule has 5 heteroatoms. The zero-order chi connectivity index (χ0) is 18.0. The minimum absolute atomic E-state index is 0.117. The van der Waals surface area contributed by atoms with Gasteiger partial charge in [-0.2, -0.15) is 0 Å². The Morgan fingerprint density at radius 2 is 2.00 bits per heavy atom. The maximum atomic E-state index is 12.1. The monoisotopic (exact) mass is 340 g/mol. The molecule has 1 saturated heterocycles. The molecule has 1 fully saturated rings. The average Bonchev–Trinajstić information content (AvgIpc) is 2.62. The SMILES string of the molecule is Cc1c[nH]c(CN2CCCC(c3ccc(C(=O)O)cc3)C2)c(C)c1=O. The maximum Gasteiger partial charge on any atom is 0.335 e. The van der Waals surface area contributed by atoms with Crippen molar-refractivity contribution in [3.05, 3.63) is 68.6 Å². The predicted octanol–water partition coefficient (Wildman–Crippen LogP) is 3.07. The van der Waals surface area contributed by atoms with Gasteiger partial charge in [0.15, 0.2) is 5.43 Å². The molecule has 1 aromatic carbocycles. The first-order chi connectivity index (χ1) is 12.0. The van der Waals surface area contributed by atoms with Gasteiger partial charge >= 0.3 is 5.97 Å². The number of H-pyrrole nitrogens is 1. The topological polar surface area (TPSA) is 73.4 Å². The fourth-order valence-corrected chi connectivity index (χ4v) is 3.56. The van der Waals surface area contributed by atoms with Crippen molar-refractivity contribution in [3.8, 4) is 0 Å². The highest BCUT2D eigenvalue weighted by molar-refractivity contribution is 5.87. The summed E-state index contributed by atoms with van der Waals surface area (Å²) in [7, 11) is 0. The molecule has 2 aromatic rings. The van der Waals surface area contributed by atoms with E-state index in [1.165, 1.54) is 5.56 Å². The number of carboxylic acid groups (broad SMARTS) is 1. The number of carboxylic acids is 1. The van der Waals surface area contributed by atoms with Gasteiger partial charge in [0.05, 0.1) is 5.56 Å². The number of likely N-dealkylation sites (tertiary alicyclic amines) is 1. The van der Waals surface area contributed by atoms with Gasteiger partial charge in [-0.15, -0.1) is 0 Å². The highest BCUT2D eigenvalue weighted by Crippen LogP contribution is 2.28. The molecular weight excluding hydrogens is 316 g/mol. The molecule has 0 saturated carbocycles. The Bertz CT molecular complexity index is 824. The first-order valence-corrected chi connectivity index (χ1v) is 8.69. The van der Waals surface area contributed by atoms with Gasteiger partial charge < -0.3 is 10.1 Å². The number of hydrogen-bond acceptors (Lipinski definition) is 3. The molecule has 0 radical (unpaired) electrons. The van der Waals surface area contributed by atoms with Crippen LogP contribution in [0.4, 0.5) is 0 Å². The number of aromatic carboxylic acids is 1. The van der Waals surface area contributed by atoms with E-state index in [9.17, 15) is 9.59 Å². The summed E-state index contributed by atoms with van der Waals surface area (Å²) in [5.41, 5.74) is 4.15. The molecule has 5 nitrogen and oxygen atoms in total. The number of carbonyl (C=O) groups is 1. The Labute approximate surface area is 147 Å². The van der Waals surface area contributed by atoms with Crippen LogP contribution in [-0.2, 0) is 6.54 Å². The molecule has 2 N–H and O–H groups in total. The Morgan fingerprint density at radius 1 is 1.28 bits per heavy atom. The van der Waals surface area contributed by atoms with Crippen molar-refractivity contribution in [2.45, 2.75) is 39.2 Å². The van der Waals surface area contributed by atoms with Crippen LogP contribution in [0.1, 0.15) is 51.5 Å². The lowest BCUT2D eigenvalue weighted by atomic mass is 9.90. The lowest BCUT2D eigenvalue weighted by molar-refractivity contribution is 0.0697. The van der Waals surface area contributed by atoms with E-state index >= 15 is 0 Å². The van der Waals surface area contributed by atoms with E-state index < -0.39 is 5.97 Å². The maximum absolute atomic E-state index is 12.1. The largest absolute Gasteiger partial charge is 0.478 e. The van der Waals surface area contributed by atoms with Crippen LogP contribution in [0.5, 0.6) is 0 Å². The van der Waals surface area contributed by atoms with Crippen LogP contribution < -0.4 is 5.43 Å². The van der Waals surface area contributed by atoms with Crippen LogP contribution in [-0.4, -0.2) is 34.0 Å². The van der Waals surface area contributed by atoms with Crippen LogP contribution in [0.15, 0.2) is 35.3 Å².